The fourth-order valence-corrected chi connectivity index (χ4v) is 1.44. The van der Waals surface area contributed by atoms with Crippen LogP contribution in [0.25, 0.3) is 0 Å². The van der Waals surface area contributed by atoms with Gasteiger partial charge in [0, 0.05) is 5.57 Å². The summed E-state index contributed by atoms with van der Waals surface area (Å²) in [4.78, 5) is 34.2. The average Bonchev–Trinajstić information content (AvgIpc) is 2.49. The van der Waals surface area contributed by atoms with Gasteiger partial charge in [-0.25, -0.2) is 4.79 Å². The van der Waals surface area contributed by atoms with Crippen molar-refractivity contribution in [3.63, 3.8) is 0 Å². The van der Waals surface area contributed by atoms with Crippen molar-refractivity contribution in [2.75, 3.05) is 13.2 Å². The van der Waals surface area contributed by atoms with E-state index in [9.17, 15) is 14.4 Å². The number of carbonyl (C=O) groups is 3. The van der Waals surface area contributed by atoms with Crippen molar-refractivity contribution in [1.82, 2.24) is 0 Å². The van der Waals surface area contributed by atoms with Gasteiger partial charge in [-0.1, -0.05) is 18.7 Å². The monoisotopic (exact) mass is 306 g/mol. The topological polar surface area (TPSA) is 78.9 Å². The Morgan fingerprint density at radius 3 is 2.45 bits per heavy atom. The van der Waals surface area contributed by atoms with Crippen molar-refractivity contribution in [1.29, 1.82) is 0 Å². The molecule has 0 bridgehead atoms. The second-order valence-corrected chi connectivity index (χ2v) is 4.42. The summed E-state index contributed by atoms with van der Waals surface area (Å²) < 4.78 is 15.2. The number of hydrogen-bond donors (Lipinski definition) is 0. The maximum Gasteiger partial charge on any atom is 0.333 e. The quantitative estimate of drug-likeness (QED) is 0.240. The van der Waals surface area contributed by atoms with Gasteiger partial charge in [-0.15, -0.1) is 0 Å². The van der Waals surface area contributed by atoms with Crippen molar-refractivity contribution < 1.29 is 28.6 Å². The lowest BCUT2D eigenvalue weighted by Gasteiger charge is -2.13. The van der Waals surface area contributed by atoms with Gasteiger partial charge in [0.05, 0.1) is 6.61 Å². The summed E-state index contributed by atoms with van der Waals surface area (Å²) in [5, 5.41) is 0. The molecule has 1 unspecified atom stereocenters. The molecule has 1 atom stereocenters. The fraction of sp³-hybridized carbons (Fsp3) is 0.312. The minimum Gasteiger partial charge on any atom is -0.490 e. The van der Waals surface area contributed by atoms with E-state index in [1.807, 2.05) is 0 Å². The summed E-state index contributed by atoms with van der Waals surface area (Å²) in [5.74, 6) is -2.11. The number of rotatable bonds is 8. The Bertz CT molecular complexity index is 564. The van der Waals surface area contributed by atoms with Gasteiger partial charge in [-0.2, -0.15) is 0 Å². The van der Waals surface area contributed by atoms with Gasteiger partial charge >= 0.3 is 11.9 Å². The highest BCUT2D eigenvalue weighted by Gasteiger charge is 2.23. The third kappa shape index (κ3) is 5.05. The Hall–Kier alpha value is -2.63. The molecule has 0 radical (unpaired) electrons. The second kappa shape index (κ2) is 8.61. The molecule has 118 valence electrons. The summed E-state index contributed by atoms with van der Waals surface area (Å²) in [6.45, 7) is 6.68. The molecule has 1 rings (SSSR count). The summed E-state index contributed by atoms with van der Waals surface area (Å²) >= 11 is 0. The third-order valence-electron chi connectivity index (χ3n) is 2.57. The Morgan fingerprint density at radius 2 is 1.91 bits per heavy atom. The predicted molar refractivity (Wildman–Crippen MR) is 78.6 cm³/mol. The minimum absolute atomic E-state index is 0.180. The van der Waals surface area contributed by atoms with Crippen LogP contribution in [0.3, 0.4) is 0 Å². The average molecular weight is 306 g/mol. The Kier molecular flexibility index (Phi) is 6.82. The van der Waals surface area contributed by atoms with E-state index < -0.39 is 24.5 Å². The molecule has 0 saturated heterocycles. The van der Waals surface area contributed by atoms with E-state index in [0.717, 1.165) is 0 Å². The highest BCUT2D eigenvalue weighted by atomic mass is 16.6. The zero-order valence-corrected chi connectivity index (χ0v) is 12.5. The van der Waals surface area contributed by atoms with Crippen LogP contribution in [0.5, 0.6) is 11.5 Å². The maximum absolute atomic E-state index is 12.0. The molecule has 6 nitrogen and oxygen atoms in total. The molecule has 0 amide bonds. The van der Waals surface area contributed by atoms with Gasteiger partial charge in [0.2, 0.25) is 0 Å². The summed E-state index contributed by atoms with van der Waals surface area (Å²) in [6.07, 6.45) is 0.372. The molecule has 0 aliphatic heterocycles. The predicted octanol–water partition coefficient (Wildman–Crippen LogP) is 1.93. The van der Waals surface area contributed by atoms with Gasteiger partial charge in [0.1, 0.15) is 18.8 Å². The zero-order chi connectivity index (χ0) is 16.5. The number of esters is 2. The first kappa shape index (κ1) is 17.4. The third-order valence-corrected chi connectivity index (χ3v) is 2.57. The van der Waals surface area contributed by atoms with Gasteiger partial charge in [-0.05, 0) is 26.0 Å². The summed E-state index contributed by atoms with van der Waals surface area (Å²) in [7, 11) is 0. The van der Waals surface area contributed by atoms with Crippen LogP contribution in [0.4, 0.5) is 0 Å². The fourth-order valence-electron chi connectivity index (χ4n) is 1.44. The molecule has 0 saturated carbocycles. The number of hydrogen-bond acceptors (Lipinski definition) is 6. The molecule has 1 aromatic rings. The molecule has 22 heavy (non-hydrogen) atoms. The Labute approximate surface area is 128 Å². The van der Waals surface area contributed by atoms with Crippen LogP contribution >= 0.6 is 0 Å². The molecule has 0 spiro atoms. The van der Waals surface area contributed by atoms with Crippen LogP contribution in [0.2, 0.25) is 0 Å². The van der Waals surface area contributed by atoms with E-state index in [0.29, 0.717) is 18.6 Å². The molecule has 1 aromatic carbocycles. The highest BCUT2D eigenvalue weighted by molar-refractivity contribution is 5.91. The SMILES string of the molecule is C=C(C)C(=O)OCC(C=O)C(=O)Oc1ccccc1OCC. The van der Waals surface area contributed by atoms with Crippen molar-refractivity contribution in [2.24, 2.45) is 5.92 Å². The van der Waals surface area contributed by atoms with Crippen LogP contribution in [0.15, 0.2) is 36.4 Å². The molecule has 0 aliphatic rings. The number of ether oxygens (including phenoxy) is 3. The van der Waals surface area contributed by atoms with Gasteiger partial charge in [-0.3, -0.25) is 4.79 Å². The van der Waals surface area contributed by atoms with Crippen molar-refractivity contribution >= 4 is 18.2 Å². The summed E-state index contributed by atoms with van der Waals surface area (Å²) in [5.41, 5.74) is 0.180. The zero-order valence-electron chi connectivity index (χ0n) is 12.5. The largest absolute Gasteiger partial charge is 0.490 e. The first-order valence-electron chi connectivity index (χ1n) is 6.71. The molecule has 0 aliphatic carbocycles. The maximum atomic E-state index is 12.0. The molecule has 0 heterocycles. The van der Waals surface area contributed by atoms with E-state index in [2.05, 4.69) is 6.58 Å². The van der Waals surface area contributed by atoms with Crippen molar-refractivity contribution in [2.45, 2.75) is 13.8 Å². The summed E-state index contributed by atoms with van der Waals surface area (Å²) in [6, 6.07) is 6.59. The van der Waals surface area contributed by atoms with E-state index in [4.69, 9.17) is 14.2 Å². The van der Waals surface area contributed by atoms with Crippen LogP contribution in [0, 0.1) is 5.92 Å². The Morgan fingerprint density at radius 1 is 1.27 bits per heavy atom. The van der Waals surface area contributed by atoms with Crippen molar-refractivity contribution in [3.05, 3.63) is 36.4 Å². The number of carbonyl (C=O) groups excluding carboxylic acids is 3. The number of benzene rings is 1. The van der Waals surface area contributed by atoms with Crippen LogP contribution in [-0.4, -0.2) is 31.4 Å². The van der Waals surface area contributed by atoms with Gasteiger partial charge < -0.3 is 19.0 Å². The van der Waals surface area contributed by atoms with Crippen LogP contribution in [-0.2, 0) is 19.1 Å². The van der Waals surface area contributed by atoms with Crippen LogP contribution in [0.1, 0.15) is 13.8 Å². The van der Waals surface area contributed by atoms with E-state index in [-0.39, 0.29) is 11.3 Å². The minimum atomic E-state index is -1.21. The normalized spacial score (nSPS) is 11.2. The lowest BCUT2D eigenvalue weighted by Crippen LogP contribution is -2.27. The lowest BCUT2D eigenvalue weighted by atomic mass is 10.2. The molecular formula is C16H18O6. The van der Waals surface area contributed by atoms with Gasteiger partial charge in [0.15, 0.2) is 11.5 Å². The molecule has 6 heteroatoms. The first-order valence-corrected chi connectivity index (χ1v) is 6.71. The molecule has 0 aromatic heterocycles. The van der Waals surface area contributed by atoms with E-state index in [1.54, 1.807) is 31.2 Å². The van der Waals surface area contributed by atoms with E-state index in [1.165, 1.54) is 6.92 Å². The Balaban J connectivity index is 2.71. The van der Waals surface area contributed by atoms with Crippen LogP contribution < -0.4 is 9.47 Å². The van der Waals surface area contributed by atoms with Crippen molar-refractivity contribution in [3.8, 4) is 11.5 Å². The van der Waals surface area contributed by atoms with E-state index >= 15 is 0 Å². The van der Waals surface area contributed by atoms with Gasteiger partial charge in [0.25, 0.3) is 0 Å². The number of para-hydroxylation sites is 2. The smallest absolute Gasteiger partial charge is 0.333 e. The second-order valence-electron chi connectivity index (χ2n) is 4.42. The molecule has 0 fully saturated rings. The number of aldehydes is 1. The highest BCUT2D eigenvalue weighted by Crippen LogP contribution is 2.27. The molecular weight excluding hydrogens is 288 g/mol. The molecule has 0 N–H and O–H groups in total. The standard InChI is InChI=1S/C16H18O6/c1-4-20-13-7-5-6-8-14(13)22-16(19)12(9-17)10-21-15(18)11(2)3/h5-9,12H,2,4,10H2,1,3H3. The lowest BCUT2D eigenvalue weighted by molar-refractivity contribution is -0.148. The first-order chi connectivity index (χ1) is 10.5.